The average Bonchev–Trinajstić information content (AvgIpc) is 2.68. The van der Waals surface area contributed by atoms with Crippen LogP contribution < -0.4 is 16.6 Å². The number of hydrogen-bond acceptors (Lipinski definition) is 5. The molecule has 1 unspecified atom stereocenters. The molecule has 0 aromatic carbocycles. The third kappa shape index (κ3) is 4.82. The zero-order valence-corrected chi connectivity index (χ0v) is 12.7. The van der Waals surface area contributed by atoms with Gasteiger partial charge in [0, 0.05) is 13.3 Å². The van der Waals surface area contributed by atoms with Crippen LogP contribution in [0.15, 0.2) is 21.5 Å². The molecule has 1 aromatic heterocycles. The summed E-state index contributed by atoms with van der Waals surface area (Å²) in [6.07, 6.45) is 4.70. The first kappa shape index (κ1) is 18.4. The summed E-state index contributed by atoms with van der Waals surface area (Å²) >= 11 is 0. The highest BCUT2D eigenvalue weighted by molar-refractivity contribution is 5.85. The van der Waals surface area contributed by atoms with Gasteiger partial charge < -0.3 is 10.5 Å². The summed E-state index contributed by atoms with van der Waals surface area (Å²) in [5.74, 6) is -0.200. The van der Waals surface area contributed by atoms with Crippen molar-refractivity contribution in [2.24, 2.45) is 5.73 Å². The van der Waals surface area contributed by atoms with Crippen molar-refractivity contribution in [1.82, 2.24) is 4.57 Å². The number of aromatic amines is 1. The maximum absolute atomic E-state index is 11.3. The molecule has 0 aliphatic heterocycles. The van der Waals surface area contributed by atoms with Gasteiger partial charge in [-0.1, -0.05) is 17.3 Å². The van der Waals surface area contributed by atoms with Crippen molar-refractivity contribution in [3.05, 3.63) is 28.5 Å². The first-order valence-corrected chi connectivity index (χ1v) is 5.98. The highest BCUT2D eigenvalue weighted by Crippen LogP contribution is 2.09. The molecule has 1 rings (SSSR count). The van der Waals surface area contributed by atoms with Crippen molar-refractivity contribution >= 4 is 18.4 Å². The average molecular weight is 307 g/mol. The highest BCUT2D eigenvalue weighted by atomic mass is 35.5. The van der Waals surface area contributed by atoms with Crippen molar-refractivity contribution in [2.75, 3.05) is 7.11 Å². The summed E-state index contributed by atoms with van der Waals surface area (Å²) in [4.78, 5) is 22.6. The fraction of sp³-hybridized carbons (Fsp3) is 0.583. The maximum atomic E-state index is 11.3. The lowest BCUT2D eigenvalue weighted by molar-refractivity contribution is -0.618. The number of H-pyrrole nitrogens is 1. The molecule has 0 fully saturated rings. The molecule has 0 saturated heterocycles. The summed E-state index contributed by atoms with van der Waals surface area (Å²) < 4.78 is 10.7. The second kappa shape index (κ2) is 7.86. The number of carbonyl (C=O) groups excluding carboxylic acids is 1. The fourth-order valence-electron chi connectivity index (χ4n) is 1.59. The van der Waals surface area contributed by atoms with Crippen molar-refractivity contribution in [3.8, 4) is 0 Å². The van der Waals surface area contributed by atoms with Gasteiger partial charge in [-0.25, -0.2) is 4.52 Å². The summed E-state index contributed by atoms with van der Waals surface area (Å²) in [5, 5.41) is 2.49. The second-order valence-electron chi connectivity index (χ2n) is 4.58. The number of ether oxygens (including phenoxy) is 1. The Morgan fingerprint density at radius 2 is 2.20 bits per heavy atom. The van der Waals surface area contributed by atoms with Crippen LogP contribution in [0, 0.1) is 6.92 Å². The smallest absolute Gasteiger partial charge is 0.468 e. The van der Waals surface area contributed by atoms with Crippen LogP contribution in [0.3, 0.4) is 0 Å². The maximum Gasteiger partial charge on any atom is 0.549 e. The van der Waals surface area contributed by atoms with Gasteiger partial charge in [0.2, 0.25) is 0 Å². The van der Waals surface area contributed by atoms with Crippen molar-refractivity contribution in [1.29, 1.82) is 0 Å². The van der Waals surface area contributed by atoms with Gasteiger partial charge in [-0.05, 0) is 13.3 Å². The van der Waals surface area contributed by atoms with Crippen molar-refractivity contribution < 1.29 is 19.2 Å². The second-order valence-corrected chi connectivity index (χ2v) is 4.58. The normalized spacial score (nSPS) is 13.8. The highest BCUT2D eigenvalue weighted by Gasteiger charge is 2.27. The van der Waals surface area contributed by atoms with Crippen LogP contribution in [-0.2, 0) is 16.1 Å². The van der Waals surface area contributed by atoms with E-state index >= 15 is 0 Å². The topological polar surface area (TPSA) is 102 Å². The van der Waals surface area contributed by atoms with Gasteiger partial charge in [0.05, 0.1) is 7.11 Å². The Labute approximate surface area is 123 Å². The van der Waals surface area contributed by atoms with Gasteiger partial charge in [0.15, 0.2) is 0 Å². The molecule has 8 heteroatoms. The molecule has 3 N–H and O–H groups in total. The van der Waals surface area contributed by atoms with Gasteiger partial charge in [-0.2, -0.15) is 9.36 Å². The minimum Gasteiger partial charge on any atom is -0.468 e. The van der Waals surface area contributed by atoms with E-state index in [9.17, 15) is 9.59 Å². The molecule has 1 heterocycles. The van der Waals surface area contributed by atoms with E-state index in [1.807, 2.05) is 6.08 Å². The fourth-order valence-corrected chi connectivity index (χ4v) is 1.59. The minimum atomic E-state index is -1.03. The first-order chi connectivity index (χ1) is 8.88. The molecular formula is C12H21ClN3O4+. The van der Waals surface area contributed by atoms with E-state index in [4.69, 9.17) is 5.73 Å². The summed E-state index contributed by atoms with van der Waals surface area (Å²) in [5.41, 5.74) is 4.77. The number of methoxy groups -OCH3 is 1. The third-order valence-corrected chi connectivity index (χ3v) is 2.79. The Balaban J connectivity index is 0.00000361. The van der Waals surface area contributed by atoms with E-state index in [-0.39, 0.29) is 12.4 Å². The first-order valence-electron chi connectivity index (χ1n) is 5.98. The van der Waals surface area contributed by atoms with Crippen LogP contribution in [0.25, 0.3) is 0 Å². The molecule has 1 atom stereocenters. The Hall–Kier alpha value is -1.60. The van der Waals surface area contributed by atoms with E-state index in [2.05, 4.69) is 14.4 Å². The van der Waals surface area contributed by atoms with Crippen molar-refractivity contribution in [3.63, 3.8) is 0 Å². The van der Waals surface area contributed by atoms with Gasteiger partial charge in [-0.3, -0.25) is 4.79 Å². The standard InChI is InChI=1S/C12H19N3O4.ClH/c1-9-14-19-11(17)15(9)8-6-4-5-7-12(2,13)10(16)18-3;/h4-5H,6-8,13H2,1-3H3;1H/p+1/b5-4-;. The van der Waals surface area contributed by atoms with Crippen LogP contribution in [-0.4, -0.2) is 23.2 Å². The van der Waals surface area contributed by atoms with Crippen LogP contribution in [0.1, 0.15) is 25.6 Å². The van der Waals surface area contributed by atoms with Crippen LogP contribution in [0.4, 0.5) is 0 Å². The molecule has 0 aliphatic carbocycles. The van der Waals surface area contributed by atoms with Gasteiger partial charge >= 0.3 is 11.7 Å². The Morgan fingerprint density at radius 1 is 1.55 bits per heavy atom. The molecule has 0 radical (unpaired) electrons. The number of nitrogens with zero attached hydrogens (tertiary/aromatic N) is 1. The SMILES string of the molecule is COC(=O)C(C)(N)C/C=C\CCn1c(C)[nH+]oc1=O.Cl. The van der Waals surface area contributed by atoms with E-state index in [1.165, 1.54) is 11.7 Å². The Kier molecular flexibility index (Phi) is 7.23. The monoisotopic (exact) mass is 306 g/mol. The number of nitrogens with two attached hydrogens (primary N) is 1. The quantitative estimate of drug-likeness (QED) is 0.598. The molecule has 0 saturated carbocycles. The summed E-state index contributed by atoms with van der Waals surface area (Å²) in [7, 11) is 1.31. The Morgan fingerprint density at radius 3 is 2.70 bits per heavy atom. The van der Waals surface area contributed by atoms with Crippen LogP contribution >= 0.6 is 12.4 Å². The predicted octanol–water partition coefficient (Wildman–Crippen LogP) is 0.212. The molecule has 1 aromatic rings. The number of carbonyl (C=O) groups is 1. The molecule has 0 bridgehead atoms. The zero-order chi connectivity index (χ0) is 14.5. The van der Waals surface area contributed by atoms with Crippen molar-refractivity contribution in [2.45, 2.75) is 38.8 Å². The summed E-state index contributed by atoms with van der Waals surface area (Å²) in [6.45, 7) is 3.87. The number of nitrogens with one attached hydrogen (secondary N) is 1. The molecular weight excluding hydrogens is 286 g/mol. The van der Waals surface area contributed by atoms with Gasteiger partial charge in [-0.15, -0.1) is 12.4 Å². The summed E-state index contributed by atoms with van der Waals surface area (Å²) in [6, 6.07) is 0. The molecule has 7 nitrogen and oxygen atoms in total. The Bertz CT molecular complexity index is 519. The lowest BCUT2D eigenvalue weighted by Gasteiger charge is -2.18. The van der Waals surface area contributed by atoms with E-state index in [1.54, 1.807) is 19.9 Å². The largest absolute Gasteiger partial charge is 0.549 e. The number of aromatic nitrogens is 2. The predicted molar refractivity (Wildman–Crippen MR) is 74.5 cm³/mol. The van der Waals surface area contributed by atoms with Crippen LogP contribution in [0.2, 0.25) is 0 Å². The van der Waals surface area contributed by atoms with Gasteiger partial charge in [0.1, 0.15) is 12.1 Å². The van der Waals surface area contributed by atoms with E-state index in [0.717, 1.165) is 0 Å². The number of esters is 1. The number of hydrogen-bond donors (Lipinski definition) is 1. The van der Waals surface area contributed by atoms with Gasteiger partial charge in [0.25, 0.3) is 5.82 Å². The third-order valence-electron chi connectivity index (χ3n) is 2.79. The number of aryl methyl sites for hydroxylation is 1. The van der Waals surface area contributed by atoms with E-state index < -0.39 is 17.3 Å². The lowest BCUT2D eigenvalue weighted by Crippen LogP contribution is -2.45. The molecule has 20 heavy (non-hydrogen) atoms. The molecule has 0 aliphatic rings. The van der Waals surface area contributed by atoms with E-state index in [0.29, 0.717) is 25.2 Å². The minimum absolute atomic E-state index is 0. The molecule has 114 valence electrons. The molecule has 0 spiro atoms. The van der Waals surface area contributed by atoms with Crippen LogP contribution in [0.5, 0.6) is 0 Å². The lowest BCUT2D eigenvalue weighted by atomic mass is 9.99. The zero-order valence-electron chi connectivity index (χ0n) is 11.8. The molecule has 0 amide bonds. The number of rotatable bonds is 6. The number of allylic oxidation sites excluding steroid dienone is 1. The number of halogens is 1.